The molecule has 0 aliphatic rings. The molecule has 0 saturated heterocycles. The van der Waals surface area contributed by atoms with Gasteiger partial charge in [-0.1, -0.05) is 18.2 Å². The Hall–Kier alpha value is -1.32. The van der Waals surface area contributed by atoms with Crippen LogP contribution in [0.4, 0.5) is 0 Å². The minimum Gasteiger partial charge on any atom is -0.361 e. The van der Waals surface area contributed by atoms with E-state index in [1.54, 1.807) is 0 Å². The van der Waals surface area contributed by atoms with Gasteiger partial charge in [0.25, 0.3) is 0 Å². The molecule has 3 nitrogen and oxygen atoms in total. The molecule has 2 rings (SSSR count). The molecule has 0 aliphatic carbocycles. The summed E-state index contributed by atoms with van der Waals surface area (Å²) in [4.78, 5) is 3.27. The van der Waals surface area contributed by atoms with Crippen LogP contribution in [0.5, 0.6) is 0 Å². The van der Waals surface area contributed by atoms with Crippen LogP contribution in [0.25, 0.3) is 10.9 Å². The fraction of sp³-hybridized carbons (Fsp3) is 0.429. The first kappa shape index (κ1) is 12.1. The lowest BCUT2D eigenvalue weighted by Crippen LogP contribution is -2.49. The summed E-state index contributed by atoms with van der Waals surface area (Å²) in [6, 6.07) is 8.31. The summed E-state index contributed by atoms with van der Waals surface area (Å²) in [7, 11) is 0. The Morgan fingerprint density at radius 2 is 2.00 bits per heavy atom. The molecule has 1 atom stereocenters. The Bertz CT molecular complexity index is 493. The number of nitrogens with one attached hydrogen (secondary N) is 2. The Balaban J connectivity index is 2.13. The number of fused-ring (bicyclic) bond motifs is 1. The topological polar surface area (TPSA) is 53.8 Å². The monoisotopic (exact) mass is 231 g/mol. The van der Waals surface area contributed by atoms with Gasteiger partial charge in [0.15, 0.2) is 0 Å². The van der Waals surface area contributed by atoms with Crippen molar-refractivity contribution >= 4 is 10.9 Å². The van der Waals surface area contributed by atoms with E-state index in [4.69, 9.17) is 5.73 Å². The van der Waals surface area contributed by atoms with Crippen LogP contribution in [0.2, 0.25) is 0 Å². The molecule has 4 N–H and O–H groups in total. The molecule has 0 spiro atoms. The number of H-pyrrole nitrogens is 1. The van der Waals surface area contributed by atoms with Gasteiger partial charge in [-0.2, -0.15) is 0 Å². The van der Waals surface area contributed by atoms with Crippen molar-refractivity contribution in [3.63, 3.8) is 0 Å². The summed E-state index contributed by atoms with van der Waals surface area (Å²) >= 11 is 0. The molecule has 0 bridgehead atoms. The molecule has 92 valence electrons. The second-order valence-electron chi connectivity index (χ2n) is 5.56. The van der Waals surface area contributed by atoms with Gasteiger partial charge in [0.05, 0.1) is 6.17 Å². The third-order valence-corrected chi connectivity index (χ3v) is 2.73. The lowest BCUT2D eigenvalue weighted by atomic mass is 10.1. The fourth-order valence-corrected chi connectivity index (χ4v) is 2.14. The number of nitrogens with two attached hydrogens (primary N) is 1. The van der Waals surface area contributed by atoms with Crippen molar-refractivity contribution in [2.45, 2.75) is 38.9 Å². The van der Waals surface area contributed by atoms with Crippen molar-refractivity contribution in [3.05, 3.63) is 36.0 Å². The van der Waals surface area contributed by atoms with Crippen LogP contribution in [0.15, 0.2) is 30.5 Å². The Morgan fingerprint density at radius 1 is 1.29 bits per heavy atom. The fourth-order valence-electron chi connectivity index (χ4n) is 2.14. The van der Waals surface area contributed by atoms with Gasteiger partial charge in [0.1, 0.15) is 0 Å². The molecule has 1 aromatic carbocycles. The predicted octanol–water partition coefficient (Wildman–Crippen LogP) is 2.38. The molecule has 0 radical (unpaired) electrons. The van der Waals surface area contributed by atoms with E-state index >= 15 is 0 Å². The van der Waals surface area contributed by atoms with Crippen LogP contribution in [0.3, 0.4) is 0 Å². The molecule has 17 heavy (non-hydrogen) atoms. The number of aromatic nitrogens is 1. The summed E-state index contributed by atoms with van der Waals surface area (Å²) in [5, 5.41) is 4.65. The summed E-state index contributed by atoms with van der Waals surface area (Å²) in [6.07, 6.45) is 2.87. The Morgan fingerprint density at radius 3 is 2.71 bits per heavy atom. The van der Waals surface area contributed by atoms with Gasteiger partial charge in [0, 0.05) is 29.1 Å². The summed E-state index contributed by atoms with van der Waals surface area (Å²) < 4.78 is 0. The average Bonchev–Trinajstić information content (AvgIpc) is 2.59. The highest BCUT2D eigenvalue weighted by atomic mass is 15.1. The standard InChI is InChI=1S/C14H21N3/c1-14(2,3)17-13(15)8-10-9-16-12-7-5-4-6-11(10)12/h4-7,9,13,16-17H,8,15H2,1-3H3/t13-/m0/s1. The maximum atomic E-state index is 6.12. The van der Waals surface area contributed by atoms with E-state index < -0.39 is 0 Å². The minimum atomic E-state index is -0.0193. The van der Waals surface area contributed by atoms with Gasteiger partial charge in [-0.15, -0.1) is 0 Å². The predicted molar refractivity (Wildman–Crippen MR) is 72.9 cm³/mol. The van der Waals surface area contributed by atoms with E-state index in [-0.39, 0.29) is 11.7 Å². The maximum Gasteiger partial charge on any atom is 0.0592 e. The molecule has 0 saturated carbocycles. The molecular weight excluding hydrogens is 210 g/mol. The van der Waals surface area contributed by atoms with Gasteiger partial charge < -0.3 is 10.7 Å². The molecule has 3 heteroatoms. The van der Waals surface area contributed by atoms with Gasteiger partial charge in [-0.05, 0) is 32.4 Å². The molecular formula is C14H21N3. The van der Waals surface area contributed by atoms with Gasteiger partial charge in [-0.25, -0.2) is 0 Å². The molecule has 1 aromatic heterocycles. The van der Waals surface area contributed by atoms with Crippen molar-refractivity contribution in [3.8, 4) is 0 Å². The van der Waals surface area contributed by atoms with E-state index in [2.05, 4.69) is 55.5 Å². The zero-order chi connectivity index (χ0) is 12.5. The van der Waals surface area contributed by atoms with Crippen LogP contribution in [-0.2, 0) is 6.42 Å². The molecule has 2 aromatic rings. The highest BCUT2D eigenvalue weighted by Gasteiger charge is 2.15. The smallest absolute Gasteiger partial charge is 0.0592 e. The number of aromatic amines is 1. The third kappa shape index (κ3) is 3.08. The molecule has 0 unspecified atom stereocenters. The van der Waals surface area contributed by atoms with Gasteiger partial charge in [0.2, 0.25) is 0 Å². The third-order valence-electron chi connectivity index (χ3n) is 2.73. The first-order valence-electron chi connectivity index (χ1n) is 6.04. The van der Waals surface area contributed by atoms with Crippen molar-refractivity contribution in [2.75, 3.05) is 0 Å². The summed E-state index contributed by atoms with van der Waals surface area (Å²) in [5.74, 6) is 0. The highest BCUT2D eigenvalue weighted by Crippen LogP contribution is 2.18. The van der Waals surface area contributed by atoms with E-state index in [0.29, 0.717) is 0 Å². The second-order valence-corrected chi connectivity index (χ2v) is 5.56. The van der Waals surface area contributed by atoms with Crippen molar-refractivity contribution in [2.24, 2.45) is 5.73 Å². The lowest BCUT2D eigenvalue weighted by Gasteiger charge is -2.25. The zero-order valence-corrected chi connectivity index (χ0v) is 10.7. The van der Waals surface area contributed by atoms with Gasteiger partial charge >= 0.3 is 0 Å². The lowest BCUT2D eigenvalue weighted by molar-refractivity contribution is 0.362. The molecule has 1 heterocycles. The van der Waals surface area contributed by atoms with E-state index in [9.17, 15) is 0 Å². The number of hydrogen-bond donors (Lipinski definition) is 3. The summed E-state index contributed by atoms with van der Waals surface area (Å²) in [6.45, 7) is 6.38. The number of hydrogen-bond acceptors (Lipinski definition) is 2. The first-order valence-corrected chi connectivity index (χ1v) is 6.04. The Labute approximate surface area is 102 Å². The average molecular weight is 231 g/mol. The van der Waals surface area contributed by atoms with E-state index in [1.807, 2.05) is 6.07 Å². The SMILES string of the molecule is CC(C)(C)N[C@H](N)Cc1c[nH]c2ccccc12. The van der Waals surface area contributed by atoms with Crippen molar-refractivity contribution in [1.82, 2.24) is 10.3 Å². The molecule has 0 fully saturated rings. The van der Waals surface area contributed by atoms with Crippen LogP contribution in [-0.4, -0.2) is 16.7 Å². The molecule has 0 aliphatic heterocycles. The van der Waals surface area contributed by atoms with Crippen LogP contribution >= 0.6 is 0 Å². The number of benzene rings is 1. The largest absolute Gasteiger partial charge is 0.361 e. The number of para-hydroxylation sites is 1. The Kier molecular flexibility index (Phi) is 3.22. The van der Waals surface area contributed by atoms with Crippen molar-refractivity contribution < 1.29 is 0 Å². The first-order chi connectivity index (χ1) is 7.96. The normalized spacial score (nSPS) is 14.1. The minimum absolute atomic E-state index is 0.0193. The highest BCUT2D eigenvalue weighted by molar-refractivity contribution is 5.83. The van der Waals surface area contributed by atoms with E-state index in [1.165, 1.54) is 16.5 Å². The second kappa shape index (κ2) is 4.51. The van der Waals surface area contributed by atoms with Crippen molar-refractivity contribution in [1.29, 1.82) is 0 Å². The molecule has 0 amide bonds. The zero-order valence-electron chi connectivity index (χ0n) is 10.7. The van der Waals surface area contributed by atoms with Crippen LogP contribution in [0, 0.1) is 0 Å². The van der Waals surface area contributed by atoms with Crippen LogP contribution < -0.4 is 11.1 Å². The quantitative estimate of drug-likeness (QED) is 0.710. The van der Waals surface area contributed by atoms with Crippen LogP contribution in [0.1, 0.15) is 26.3 Å². The van der Waals surface area contributed by atoms with Gasteiger partial charge in [-0.3, -0.25) is 5.32 Å². The maximum absolute atomic E-state index is 6.12. The van der Waals surface area contributed by atoms with E-state index in [0.717, 1.165) is 6.42 Å². The summed E-state index contributed by atoms with van der Waals surface area (Å²) in [5.41, 5.74) is 8.60. The number of rotatable bonds is 3.